The van der Waals surface area contributed by atoms with E-state index in [1.165, 1.54) is 0 Å². The summed E-state index contributed by atoms with van der Waals surface area (Å²) in [5.74, 6) is 0. The van der Waals surface area contributed by atoms with Crippen LogP contribution < -0.4 is 9.13 Å². The number of nitrogens with one attached hydrogen (secondary N) is 2. The Labute approximate surface area is 314 Å². The maximum atomic E-state index is 5.43. The summed E-state index contributed by atoms with van der Waals surface area (Å²) in [5, 5.41) is 0. The lowest BCUT2D eigenvalue weighted by atomic mass is 10.0. The lowest BCUT2D eigenvalue weighted by molar-refractivity contribution is -0.693. The number of aromatic nitrogens is 7. The van der Waals surface area contributed by atoms with Gasteiger partial charge in [0.25, 0.3) is 0 Å². The van der Waals surface area contributed by atoms with E-state index in [1.807, 2.05) is 0 Å². The standard InChI is InChI=1S/C47H41N7/c1-4-34-17-10-18-35(48-34)47-42-25-23-37(51-42)44(31-13-8-7-9-14-31)36-19-20-38(49-36)45(32-15-11-27-53(5-2)29-32)39-21-22-40(50-39)46(41-24-26-43(47)52-41)33-16-12-28-54(6-3)30-33/h7-30,50-51H,4-6H2,1-3H3/q+2. The molecular weight excluding hydrogens is 663 g/mol. The normalized spacial score (nSPS) is 12.1. The molecule has 7 nitrogen and oxygen atoms in total. The van der Waals surface area contributed by atoms with E-state index >= 15 is 0 Å². The van der Waals surface area contributed by atoms with Crippen molar-refractivity contribution in [2.24, 2.45) is 0 Å². The molecule has 2 aliphatic rings. The van der Waals surface area contributed by atoms with Crippen molar-refractivity contribution in [3.63, 3.8) is 0 Å². The minimum atomic E-state index is 0.840. The van der Waals surface area contributed by atoms with Gasteiger partial charge in [-0.3, -0.25) is 4.98 Å². The lowest BCUT2D eigenvalue weighted by Gasteiger charge is -2.07. The Bertz CT molecular complexity index is 2740. The molecular formula is C47H41N7+2. The smallest absolute Gasteiger partial charge is 0.176 e. The molecule has 7 heteroatoms. The number of pyridine rings is 3. The Balaban J connectivity index is 1.47. The third-order valence-corrected chi connectivity index (χ3v) is 10.3. The van der Waals surface area contributed by atoms with Crippen molar-refractivity contribution in [2.75, 3.05) is 0 Å². The van der Waals surface area contributed by atoms with E-state index in [9.17, 15) is 0 Å². The van der Waals surface area contributed by atoms with Crippen LogP contribution in [0.15, 0.2) is 122 Å². The molecule has 0 fully saturated rings. The molecule has 54 heavy (non-hydrogen) atoms. The van der Waals surface area contributed by atoms with Crippen LogP contribution in [0.2, 0.25) is 0 Å². The number of nitrogens with zero attached hydrogens (tertiary/aromatic N) is 5. The van der Waals surface area contributed by atoms with E-state index in [0.717, 1.165) is 115 Å². The number of hydrogen-bond donors (Lipinski definition) is 2. The van der Waals surface area contributed by atoms with Crippen molar-refractivity contribution < 1.29 is 9.13 Å². The van der Waals surface area contributed by atoms with Gasteiger partial charge in [0.1, 0.15) is 13.1 Å². The summed E-state index contributed by atoms with van der Waals surface area (Å²) < 4.78 is 4.41. The highest BCUT2D eigenvalue weighted by atomic mass is 14.9. The van der Waals surface area contributed by atoms with Crippen LogP contribution in [-0.2, 0) is 19.5 Å². The minimum Gasteiger partial charge on any atom is -0.354 e. The zero-order valence-corrected chi connectivity index (χ0v) is 30.7. The second-order valence-corrected chi connectivity index (χ2v) is 13.6. The Hall–Kier alpha value is -6.73. The summed E-state index contributed by atoms with van der Waals surface area (Å²) in [6, 6.07) is 34.0. The van der Waals surface area contributed by atoms with Gasteiger partial charge in [-0.05, 0) is 98.7 Å². The van der Waals surface area contributed by atoms with Crippen LogP contribution in [0.1, 0.15) is 49.2 Å². The summed E-state index contributed by atoms with van der Waals surface area (Å²) in [5.41, 5.74) is 16.6. The summed E-state index contributed by atoms with van der Waals surface area (Å²) in [7, 11) is 0. The van der Waals surface area contributed by atoms with Crippen molar-refractivity contribution in [1.82, 2.24) is 24.9 Å². The molecule has 0 saturated heterocycles. The highest BCUT2D eigenvalue weighted by Gasteiger charge is 2.20. The largest absolute Gasteiger partial charge is 0.354 e. The third-order valence-electron chi connectivity index (χ3n) is 10.3. The molecule has 0 aliphatic carbocycles. The van der Waals surface area contributed by atoms with Crippen LogP contribution in [0.4, 0.5) is 0 Å². The van der Waals surface area contributed by atoms with Crippen LogP contribution in [0.25, 0.3) is 91.0 Å². The fourth-order valence-electron chi connectivity index (χ4n) is 7.54. The quantitative estimate of drug-likeness (QED) is 0.162. The number of rotatable bonds is 7. The van der Waals surface area contributed by atoms with Gasteiger partial charge in [-0.25, -0.2) is 19.1 Å². The summed E-state index contributed by atoms with van der Waals surface area (Å²) in [6.45, 7) is 8.19. The van der Waals surface area contributed by atoms with Gasteiger partial charge in [0.05, 0.1) is 34.0 Å². The summed E-state index contributed by atoms with van der Waals surface area (Å²) in [4.78, 5) is 23.7. The van der Waals surface area contributed by atoms with Gasteiger partial charge in [0.2, 0.25) is 0 Å². The van der Waals surface area contributed by atoms with Gasteiger partial charge in [0, 0.05) is 67.8 Å². The maximum Gasteiger partial charge on any atom is 0.176 e. The molecule has 0 amide bonds. The lowest BCUT2D eigenvalue weighted by Crippen LogP contribution is -2.31. The maximum absolute atomic E-state index is 5.43. The Morgan fingerprint density at radius 3 is 1.41 bits per heavy atom. The molecule has 8 heterocycles. The van der Waals surface area contributed by atoms with Gasteiger partial charge < -0.3 is 9.97 Å². The molecule has 0 radical (unpaired) electrons. The number of aromatic amines is 2. The van der Waals surface area contributed by atoms with Crippen molar-refractivity contribution >= 4 is 46.4 Å². The first-order valence-corrected chi connectivity index (χ1v) is 18.8. The van der Waals surface area contributed by atoms with Crippen molar-refractivity contribution in [3.8, 4) is 44.6 Å². The third kappa shape index (κ3) is 6.03. The van der Waals surface area contributed by atoms with Gasteiger partial charge in [-0.1, -0.05) is 43.3 Å². The summed E-state index contributed by atoms with van der Waals surface area (Å²) in [6.07, 6.45) is 18.0. The molecule has 2 aliphatic heterocycles. The van der Waals surface area contributed by atoms with Gasteiger partial charge in [-0.2, -0.15) is 0 Å². The topological polar surface area (TPSA) is 78.0 Å². The highest BCUT2D eigenvalue weighted by molar-refractivity contribution is 5.99. The first-order valence-electron chi connectivity index (χ1n) is 18.8. The van der Waals surface area contributed by atoms with Crippen molar-refractivity contribution in [3.05, 3.63) is 150 Å². The predicted molar refractivity (Wildman–Crippen MR) is 220 cm³/mol. The van der Waals surface area contributed by atoms with Crippen LogP contribution in [0, 0.1) is 0 Å². The number of benzene rings is 1. The number of fused-ring (bicyclic) bond motifs is 8. The van der Waals surface area contributed by atoms with E-state index in [4.69, 9.17) is 15.0 Å². The Kier molecular flexibility index (Phi) is 8.60. The van der Waals surface area contributed by atoms with E-state index in [-0.39, 0.29) is 0 Å². The molecule has 7 aromatic rings. The molecule has 8 bridgehead atoms. The second kappa shape index (κ2) is 14.0. The SMILES string of the molecule is CCc1cccc(-c2c3nc(c(-c4ccc[n+](CC)c4)c4ccc([nH]4)c(-c4ccc[n+](CC)c4)c4nc(c(-c5ccccc5)c5ccc2[nH]5)C=C4)C=C3)n1. The zero-order chi connectivity index (χ0) is 36.6. The molecule has 0 atom stereocenters. The van der Waals surface area contributed by atoms with Crippen molar-refractivity contribution in [1.29, 1.82) is 0 Å². The molecule has 2 N–H and O–H groups in total. The molecule has 0 spiro atoms. The number of hydrogen-bond acceptors (Lipinski definition) is 3. The van der Waals surface area contributed by atoms with E-state index in [0.29, 0.717) is 0 Å². The molecule has 9 rings (SSSR count). The van der Waals surface area contributed by atoms with Crippen LogP contribution >= 0.6 is 0 Å². The predicted octanol–water partition coefficient (Wildman–Crippen LogP) is 9.90. The van der Waals surface area contributed by atoms with E-state index in [1.54, 1.807) is 0 Å². The Morgan fingerprint density at radius 2 is 0.907 bits per heavy atom. The summed E-state index contributed by atoms with van der Waals surface area (Å²) >= 11 is 0. The molecule has 6 aromatic heterocycles. The molecule has 0 saturated carbocycles. The van der Waals surface area contributed by atoms with Gasteiger partial charge in [0.15, 0.2) is 24.8 Å². The molecule has 1 aromatic carbocycles. The fraction of sp³-hybridized carbons (Fsp3) is 0.128. The van der Waals surface area contributed by atoms with Crippen LogP contribution in [-0.4, -0.2) is 24.9 Å². The first-order chi connectivity index (χ1) is 26.6. The van der Waals surface area contributed by atoms with E-state index in [2.05, 4.69) is 186 Å². The monoisotopic (exact) mass is 703 g/mol. The first kappa shape index (κ1) is 33.1. The molecule has 0 unspecified atom stereocenters. The van der Waals surface area contributed by atoms with Crippen LogP contribution in [0.3, 0.4) is 0 Å². The van der Waals surface area contributed by atoms with Crippen molar-refractivity contribution in [2.45, 2.75) is 40.3 Å². The minimum absolute atomic E-state index is 0.840. The average molecular weight is 704 g/mol. The zero-order valence-electron chi connectivity index (χ0n) is 30.7. The highest BCUT2D eigenvalue weighted by Crippen LogP contribution is 2.37. The fourth-order valence-corrected chi connectivity index (χ4v) is 7.54. The van der Waals surface area contributed by atoms with E-state index < -0.39 is 0 Å². The molecule has 262 valence electrons. The number of aryl methyl sites for hydroxylation is 3. The van der Waals surface area contributed by atoms with Gasteiger partial charge in [-0.15, -0.1) is 0 Å². The Morgan fingerprint density at radius 1 is 0.444 bits per heavy atom. The average Bonchev–Trinajstić information content (AvgIpc) is 4.07. The second-order valence-electron chi connectivity index (χ2n) is 13.6. The van der Waals surface area contributed by atoms with Crippen LogP contribution in [0.5, 0.6) is 0 Å². The number of H-pyrrole nitrogens is 2. The van der Waals surface area contributed by atoms with Gasteiger partial charge >= 0.3 is 0 Å².